The summed E-state index contributed by atoms with van der Waals surface area (Å²) in [5.41, 5.74) is 6.12. The molecule has 1 aromatic carbocycles. The maximum Gasteiger partial charge on any atom is 0.245 e. The molecule has 0 bridgehead atoms. The number of anilines is 1. The van der Waals surface area contributed by atoms with Gasteiger partial charge >= 0.3 is 0 Å². The fraction of sp³-hybridized carbons (Fsp3) is 0.538. The van der Waals surface area contributed by atoms with E-state index >= 15 is 0 Å². The summed E-state index contributed by atoms with van der Waals surface area (Å²) in [6.45, 7) is 3.10. The van der Waals surface area contributed by atoms with Crippen LogP contribution in [0.3, 0.4) is 0 Å². The highest BCUT2D eigenvalue weighted by molar-refractivity contribution is 9.10. The number of rotatable bonds is 3. The van der Waals surface area contributed by atoms with E-state index < -0.39 is 10.0 Å². The Bertz CT molecular complexity index is 604. The van der Waals surface area contributed by atoms with Gasteiger partial charge in [0.15, 0.2) is 0 Å². The maximum absolute atomic E-state index is 12.7. The van der Waals surface area contributed by atoms with Crippen molar-refractivity contribution >= 4 is 31.6 Å². The Balaban J connectivity index is 2.35. The number of benzene rings is 1. The molecule has 2 atom stereocenters. The molecule has 0 radical (unpaired) electrons. The molecule has 0 aliphatic carbocycles. The number of nitrogens with zero attached hydrogens (tertiary/aromatic N) is 2. The van der Waals surface area contributed by atoms with Gasteiger partial charge in [0.25, 0.3) is 0 Å². The summed E-state index contributed by atoms with van der Waals surface area (Å²) in [5, 5.41) is 0. The van der Waals surface area contributed by atoms with E-state index in [-0.39, 0.29) is 16.6 Å². The van der Waals surface area contributed by atoms with Gasteiger partial charge in [0.1, 0.15) is 4.90 Å². The predicted molar refractivity (Wildman–Crippen MR) is 84.0 cm³/mol. The van der Waals surface area contributed by atoms with Crippen molar-refractivity contribution in [3.05, 3.63) is 22.7 Å². The molecule has 0 aromatic heterocycles. The van der Waals surface area contributed by atoms with Crippen molar-refractivity contribution in [3.63, 3.8) is 0 Å². The minimum Gasteiger partial charge on any atom is -0.398 e. The smallest absolute Gasteiger partial charge is 0.245 e. The highest BCUT2D eigenvalue weighted by atomic mass is 79.9. The van der Waals surface area contributed by atoms with Crippen molar-refractivity contribution in [3.8, 4) is 0 Å². The summed E-state index contributed by atoms with van der Waals surface area (Å²) in [7, 11) is 0.414. The quantitative estimate of drug-likeness (QED) is 0.830. The predicted octanol–water partition coefficient (Wildman–Crippen LogP) is 1.60. The Morgan fingerprint density at radius 3 is 2.55 bits per heavy atom. The van der Waals surface area contributed by atoms with Crippen LogP contribution in [0.15, 0.2) is 27.6 Å². The zero-order chi connectivity index (χ0) is 15.1. The van der Waals surface area contributed by atoms with E-state index in [1.807, 2.05) is 14.1 Å². The lowest BCUT2D eigenvalue weighted by Gasteiger charge is -2.22. The molecule has 1 aliphatic rings. The van der Waals surface area contributed by atoms with Gasteiger partial charge in [-0.1, -0.05) is 22.9 Å². The average Bonchev–Trinajstić information content (AvgIpc) is 2.75. The molecule has 7 heteroatoms. The van der Waals surface area contributed by atoms with Crippen molar-refractivity contribution in [1.29, 1.82) is 0 Å². The van der Waals surface area contributed by atoms with Crippen molar-refractivity contribution < 1.29 is 8.42 Å². The molecular formula is C13H20BrN3O2S. The minimum absolute atomic E-state index is 0.179. The van der Waals surface area contributed by atoms with E-state index in [0.29, 0.717) is 23.5 Å². The molecular weight excluding hydrogens is 342 g/mol. The molecule has 0 saturated carbocycles. The lowest BCUT2D eigenvalue weighted by molar-refractivity contribution is 0.263. The van der Waals surface area contributed by atoms with E-state index in [4.69, 9.17) is 5.73 Å². The van der Waals surface area contributed by atoms with Crippen molar-refractivity contribution in [1.82, 2.24) is 9.21 Å². The zero-order valence-corrected chi connectivity index (χ0v) is 14.3. The van der Waals surface area contributed by atoms with E-state index in [2.05, 4.69) is 27.8 Å². The Morgan fingerprint density at radius 1 is 1.35 bits per heavy atom. The second kappa shape index (κ2) is 5.63. The van der Waals surface area contributed by atoms with Gasteiger partial charge in [0.05, 0.1) is 5.69 Å². The normalized spacial score (nSPS) is 24.4. The molecule has 1 heterocycles. The number of nitrogen functional groups attached to an aromatic ring is 1. The molecule has 5 nitrogen and oxygen atoms in total. The molecule has 1 fully saturated rings. The van der Waals surface area contributed by atoms with E-state index in [0.717, 1.165) is 0 Å². The van der Waals surface area contributed by atoms with Crippen LogP contribution in [-0.4, -0.2) is 50.8 Å². The van der Waals surface area contributed by atoms with Crippen LogP contribution < -0.4 is 5.73 Å². The highest BCUT2D eigenvalue weighted by Crippen LogP contribution is 2.30. The third-order valence-corrected chi connectivity index (χ3v) is 6.18. The SMILES string of the molecule is CC1CN(S(=O)(=O)c2cc(Br)ccc2N)CC1N(C)C. The fourth-order valence-electron chi connectivity index (χ4n) is 2.65. The first-order valence-corrected chi connectivity index (χ1v) is 8.68. The number of hydrogen-bond donors (Lipinski definition) is 1. The molecule has 0 amide bonds. The Hall–Kier alpha value is -0.630. The Kier molecular flexibility index (Phi) is 4.44. The third-order valence-electron chi connectivity index (χ3n) is 3.80. The lowest BCUT2D eigenvalue weighted by Crippen LogP contribution is -2.36. The van der Waals surface area contributed by atoms with Gasteiger partial charge in [-0.2, -0.15) is 4.31 Å². The monoisotopic (exact) mass is 361 g/mol. The molecule has 2 N–H and O–H groups in total. The second-order valence-electron chi connectivity index (χ2n) is 5.51. The van der Waals surface area contributed by atoms with Crippen molar-refractivity contribution in [2.45, 2.75) is 17.9 Å². The van der Waals surface area contributed by atoms with Crippen LogP contribution in [0.5, 0.6) is 0 Å². The van der Waals surface area contributed by atoms with Crippen LogP contribution in [0, 0.1) is 5.92 Å². The number of sulfonamides is 1. The molecule has 1 aliphatic heterocycles. The molecule has 1 aromatic rings. The number of halogens is 1. The van der Waals surface area contributed by atoms with Crippen LogP contribution in [0.1, 0.15) is 6.92 Å². The van der Waals surface area contributed by atoms with Crippen LogP contribution in [0.25, 0.3) is 0 Å². The lowest BCUT2D eigenvalue weighted by atomic mass is 10.1. The van der Waals surface area contributed by atoms with Crippen LogP contribution in [-0.2, 0) is 10.0 Å². The van der Waals surface area contributed by atoms with Gasteiger partial charge in [0, 0.05) is 23.6 Å². The first kappa shape index (κ1) is 15.8. The number of nitrogens with two attached hydrogens (primary N) is 1. The summed E-state index contributed by atoms with van der Waals surface area (Å²) < 4.78 is 27.7. The second-order valence-corrected chi connectivity index (χ2v) is 8.33. The molecule has 1 saturated heterocycles. The molecule has 2 unspecified atom stereocenters. The first-order chi connectivity index (χ1) is 9.23. The van der Waals surface area contributed by atoms with Gasteiger partial charge in [-0.25, -0.2) is 8.42 Å². The first-order valence-electron chi connectivity index (χ1n) is 6.45. The van der Waals surface area contributed by atoms with Gasteiger partial charge < -0.3 is 10.6 Å². The molecule has 20 heavy (non-hydrogen) atoms. The summed E-state index contributed by atoms with van der Waals surface area (Å²) in [5.74, 6) is 0.299. The van der Waals surface area contributed by atoms with Gasteiger partial charge in [0.2, 0.25) is 10.0 Å². The molecule has 112 valence electrons. The Morgan fingerprint density at radius 2 is 2.00 bits per heavy atom. The maximum atomic E-state index is 12.7. The van der Waals surface area contributed by atoms with Crippen LogP contribution >= 0.6 is 15.9 Å². The van der Waals surface area contributed by atoms with Gasteiger partial charge in [-0.15, -0.1) is 0 Å². The summed E-state index contributed by atoms with van der Waals surface area (Å²) in [4.78, 5) is 2.25. The van der Waals surface area contributed by atoms with E-state index in [9.17, 15) is 8.42 Å². The molecule has 0 spiro atoms. The minimum atomic E-state index is -3.54. The topological polar surface area (TPSA) is 66.6 Å². The number of likely N-dealkylation sites (N-methyl/N-ethyl adjacent to an activating group) is 1. The van der Waals surface area contributed by atoms with Crippen molar-refractivity contribution in [2.24, 2.45) is 5.92 Å². The van der Waals surface area contributed by atoms with E-state index in [1.54, 1.807) is 18.2 Å². The molecule has 2 rings (SSSR count). The Labute approximate surface area is 128 Å². The summed E-state index contributed by atoms with van der Waals surface area (Å²) in [6.07, 6.45) is 0. The summed E-state index contributed by atoms with van der Waals surface area (Å²) >= 11 is 3.30. The number of hydrogen-bond acceptors (Lipinski definition) is 4. The zero-order valence-electron chi connectivity index (χ0n) is 11.9. The van der Waals surface area contributed by atoms with Crippen LogP contribution in [0.2, 0.25) is 0 Å². The van der Waals surface area contributed by atoms with Crippen LogP contribution in [0.4, 0.5) is 5.69 Å². The third kappa shape index (κ3) is 2.86. The van der Waals surface area contributed by atoms with Gasteiger partial charge in [-0.3, -0.25) is 0 Å². The fourth-order valence-corrected chi connectivity index (χ4v) is 4.86. The van der Waals surface area contributed by atoms with Gasteiger partial charge in [-0.05, 0) is 38.2 Å². The van der Waals surface area contributed by atoms with E-state index in [1.165, 1.54) is 4.31 Å². The largest absolute Gasteiger partial charge is 0.398 e. The highest BCUT2D eigenvalue weighted by Gasteiger charge is 2.38. The summed E-state index contributed by atoms with van der Waals surface area (Å²) in [6, 6.07) is 5.15. The standard InChI is InChI=1S/C13H20BrN3O2S/c1-9-7-17(8-12(9)16(2)3)20(18,19)13-6-10(14)4-5-11(13)15/h4-6,9,12H,7-8,15H2,1-3H3. The van der Waals surface area contributed by atoms with Crippen molar-refractivity contribution in [2.75, 3.05) is 32.9 Å². The average molecular weight is 362 g/mol.